The summed E-state index contributed by atoms with van der Waals surface area (Å²) in [6.45, 7) is 3.88. The molecule has 0 saturated heterocycles. The lowest BCUT2D eigenvalue weighted by atomic mass is 10.1. The molecular weight excluding hydrogens is 363 g/mol. The van der Waals surface area contributed by atoms with E-state index in [9.17, 15) is 9.18 Å². The molecule has 28 heavy (non-hydrogen) atoms. The van der Waals surface area contributed by atoms with Crippen molar-refractivity contribution >= 4 is 5.91 Å². The summed E-state index contributed by atoms with van der Waals surface area (Å²) in [7, 11) is 0. The summed E-state index contributed by atoms with van der Waals surface area (Å²) in [6.07, 6.45) is 3.08. The average Bonchev–Trinajstić information content (AvgIpc) is 3.35. The molecule has 3 rings (SSSR count). The monoisotopic (exact) mass is 386 g/mol. The maximum absolute atomic E-state index is 12.9. The average molecular weight is 386 g/mol. The molecule has 2 aromatic heterocycles. The van der Waals surface area contributed by atoms with E-state index in [1.165, 1.54) is 12.1 Å². The van der Waals surface area contributed by atoms with E-state index < -0.39 is 0 Å². The summed E-state index contributed by atoms with van der Waals surface area (Å²) in [5, 5.41) is 10.9. The van der Waals surface area contributed by atoms with Crippen LogP contribution in [0.4, 0.5) is 4.39 Å². The second-order valence-electron chi connectivity index (χ2n) is 6.42. The van der Waals surface area contributed by atoms with Crippen molar-refractivity contribution in [3.05, 3.63) is 59.9 Å². The largest absolute Gasteiger partial charge is 0.459 e. The van der Waals surface area contributed by atoms with Crippen LogP contribution in [0.1, 0.15) is 24.8 Å². The molecule has 0 atom stereocenters. The van der Waals surface area contributed by atoms with Gasteiger partial charge in [0.1, 0.15) is 5.82 Å². The number of nitrogens with one attached hydrogen (secondary N) is 1. The molecule has 3 aromatic rings. The van der Waals surface area contributed by atoms with Gasteiger partial charge in [-0.1, -0.05) is 19.1 Å². The highest BCUT2D eigenvalue weighted by atomic mass is 19.1. The van der Waals surface area contributed by atoms with Crippen LogP contribution in [0.15, 0.2) is 51.5 Å². The molecule has 0 aliphatic carbocycles. The lowest BCUT2D eigenvalue weighted by Gasteiger charge is -2.19. The van der Waals surface area contributed by atoms with E-state index in [1.54, 1.807) is 30.5 Å². The minimum Gasteiger partial charge on any atom is -0.459 e. The van der Waals surface area contributed by atoms with Gasteiger partial charge in [0.25, 0.3) is 5.89 Å². The number of benzene rings is 1. The Labute approximate surface area is 162 Å². The Morgan fingerprint density at radius 2 is 2.04 bits per heavy atom. The van der Waals surface area contributed by atoms with Gasteiger partial charge in [-0.25, -0.2) is 4.39 Å². The van der Waals surface area contributed by atoms with E-state index in [1.807, 2.05) is 11.8 Å². The van der Waals surface area contributed by atoms with E-state index in [4.69, 9.17) is 8.83 Å². The van der Waals surface area contributed by atoms with Crippen molar-refractivity contribution in [2.45, 2.75) is 26.3 Å². The van der Waals surface area contributed by atoms with Gasteiger partial charge in [0.2, 0.25) is 11.8 Å². The lowest BCUT2D eigenvalue weighted by molar-refractivity contribution is -0.122. The molecule has 0 aliphatic heterocycles. The molecule has 2 heterocycles. The first-order chi connectivity index (χ1) is 13.6. The Kier molecular flexibility index (Phi) is 6.91. The van der Waals surface area contributed by atoms with Crippen molar-refractivity contribution in [1.82, 2.24) is 20.4 Å². The van der Waals surface area contributed by atoms with Crippen LogP contribution in [0, 0.1) is 5.82 Å². The predicted molar refractivity (Wildman–Crippen MR) is 101 cm³/mol. The normalized spacial score (nSPS) is 11.1. The highest BCUT2D eigenvalue weighted by Crippen LogP contribution is 2.18. The summed E-state index contributed by atoms with van der Waals surface area (Å²) in [6, 6.07) is 9.77. The number of aromatic nitrogens is 2. The lowest BCUT2D eigenvalue weighted by Crippen LogP contribution is -2.38. The van der Waals surface area contributed by atoms with Gasteiger partial charge >= 0.3 is 0 Å². The molecule has 1 N–H and O–H groups in total. The van der Waals surface area contributed by atoms with Crippen LogP contribution in [-0.4, -0.2) is 40.6 Å². The Bertz CT molecular complexity index is 862. The number of hydrogen-bond donors (Lipinski definition) is 1. The Balaban J connectivity index is 1.48. The fraction of sp³-hybridized carbons (Fsp3) is 0.350. The van der Waals surface area contributed by atoms with Gasteiger partial charge < -0.3 is 14.2 Å². The standard InChI is InChI=1S/C20H23FN4O3/c1-2-11-25(14-19-23-24-20(28-19)17-4-3-12-27-17)13-18(26)22-10-9-15-5-7-16(21)8-6-15/h3-8,12H,2,9-11,13-14H2,1H3,(H,22,26). The number of nitrogens with zero attached hydrogens (tertiary/aromatic N) is 3. The highest BCUT2D eigenvalue weighted by Gasteiger charge is 2.16. The van der Waals surface area contributed by atoms with Crippen molar-refractivity contribution in [3.63, 3.8) is 0 Å². The number of furan rings is 1. The number of amides is 1. The van der Waals surface area contributed by atoms with Gasteiger partial charge in [0.15, 0.2) is 5.76 Å². The van der Waals surface area contributed by atoms with Crippen LogP contribution >= 0.6 is 0 Å². The molecule has 0 bridgehead atoms. The fourth-order valence-corrected chi connectivity index (χ4v) is 2.80. The van der Waals surface area contributed by atoms with Crippen LogP contribution in [-0.2, 0) is 17.8 Å². The summed E-state index contributed by atoms with van der Waals surface area (Å²) >= 11 is 0. The third-order valence-electron chi connectivity index (χ3n) is 4.11. The SMILES string of the molecule is CCCN(CC(=O)NCCc1ccc(F)cc1)Cc1nnc(-c2ccco2)o1. The second kappa shape index (κ2) is 9.80. The molecule has 0 saturated carbocycles. The molecule has 1 aromatic carbocycles. The first-order valence-corrected chi connectivity index (χ1v) is 9.24. The number of halogens is 1. The summed E-state index contributed by atoms with van der Waals surface area (Å²) in [5.41, 5.74) is 0.975. The zero-order valence-corrected chi connectivity index (χ0v) is 15.7. The van der Waals surface area contributed by atoms with Gasteiger partial charge in [0.05, 0.1) is 19.4 Å². The van der Waals surface area contributed by atoms with E-state index in [2.05, 4.69) is 15.5 Å². The van der Waals surface area contributed by atoms with E-state index in [0.717, 1.165) is 18.5 Å². The number of carbonyl (C=O) groups excluding carboxylic acids is 1. The molecule has 7 nitrogen and oxygen atoms in total. The first kappa shape index (κ1) is 19.8. The minimum absolute atomic E-state index is 0.0821. The molecule has 0 spiro atoms. The zero-order chi connectivity index (χ0) is 19.8. The van der Waals surface area contributed by atoms with Crippen LogP contribution in [0.3, 0.4) is 0 Å². The molecule has 0 radical (unpaired) electrons. The predicted octanol–water partition coefficient (Wildman–Crippen LogP) is 3.04. The van der Waals surface area contributed by atoms with Crippen molar-refractivity contribution in [2.24, 2.45) is 0 Å². The first-order valence-electron chi connectivity index (χ1n) is 9.24. The quantitative estimate of drug-likeness (QED) is 0.577. The molecular formula is C20H23FN4O3. The van der Waals surface area contributed by atoms with Crippen molar-refractivity contribution in [2.75, 3.05) is 19.6 Å². The number of hydrogen-bond acceptors (Lipinski definition) is 6. The van der Waals surface area contributed by atoms with E-state index >= 15 is 0 Å². The third kappa shape index (κ3) is 5.75. The summed E-state index contributed by atoms with van der Waals surface area (Å²) < 4.78 is 23.8. The molecule has 148 valence electrons. The van der Waals surface area contributed by atoms with Crippen LogP contribution in [0.2, 0.25) is 0 Å². The van der Waals surface area contributed by atoms with Gasteiger partial charge in [-0.15, -0.1) is 10.2 Å². The van der Waals surface area contributed by atoms with Gasteiger partial charge in [-0.05, 0) is 49.2 Å². The maximum Gasteiger partial charge on any atom is 0.283 e. The smallest absolute Gasteiger partial charge is 0.283 e. The topological polar surface area (TPSA) is 84.4 Å². The Hall–Kier alpha value is -3.00. The van der Waals surface area contributed by atoms with Crippen molar-refractivity contribution in [1.29, 1.82) is 0 Å². The van der Waals surface area contributed by atoms with Crippen molar-refractivity contribution < 1.29 is 18.0 Å². The third-order valence-corrected chi connectivity index (χ3v) is 4.11. The zero-order valence-electron chi connectivity index (χ0n) is 15.7. The van der Waals surface area contributed by atoms with Gasteiger partial charge in [-0.3, -0.25) is 9.69 Å². The van der Waals surface area contributed by atoms with Crippen LogP contribution in [0.5, 0.6) is 0 Å². The number of carbonyl (C=O) groups is 1. The second-order valence-corrected chi connectivity index (χ2v) is 6.42. The Morgan fingerprint density at radius 1 is 1.21 bits per heavy atom. The van der Waals surface area contributed by atoms with Crippen molar-refractivity contribution in [3.8, 4) is 11.7 Å². The van der Waals surface area contributed by atoms with E-state index in [-0.39, 0.29) is 18.3 Å². The van der Waals surface area contributed by atoms with Gasteiger partial charge in [0, 0.05) is 6.54 Å². The molecule has 8 heteroatoms. The summed E-state index contributed by atoms with van der Waals surface area (Å²) in [4.78, 5) is 14.2. The van der Waals surface area contributed by atoms with Crippen LogP contribution in [0.25, 0.3) is 11.7 Å². The Morgan fingerprint density at radius 3 is 2.75 bits per heavy atom. The molecule has 0 aliphatic rings. The number of rotatable bonds is 10. The minimum atomic E-state index is -0.265. The molecule has 0 unspecified atom stereocenters. The van der Waals surface area contributed by atoms with Crippen LogP contribution < -0.4 is 5.32 Å². The highest BCUT2D eigenvalue weighted by molar-refractivity contribution is 5.78. The van der Waals surface area contributed by atoms with E-state index in [0.29, 0.717) is 37.1 Å². The maximum atomic E-state index is 12.9. The molecule has 0 fully saturated rings. The van der Waals surface area contributed by atoms with Gasteiger partial charge in [-0.2, -0.15) is 0 Å². The molecule has 1 amide bonds. The summed E-state index contributed by atoms with van der Waals surface area (Å²) in [5.74, 6) is 0.916. The fourth-order valence-electron chi connectivity index (χ4n) is 2.80.